The molecule has 4 nitrogen and oxygen atoms in total. The number of nitrogens with zero attached hydrogens (tertiary/aromatic N) is 1. The molecule has 0 saturated carbocycles. The summed E-state index contributed by atoms with van der Waals surface area (Å²) < 4.78 is 11.4. The molecule has 4 heteroatoms. The van der Waals surface area contributed by atoms with E-state index in [9.17, 15) is 4.79 Å². The normalized spacial score (nSPS) is 19.0. The van der Waals surface area contributed by atoms with Crippen molar-refractivity contribution in [1.29, 1.82) is 0 Å². The minimum Gasteiger partial charge on any atom is -0.444 e. The minimum absolute atomic E-state index is 0.0489. The van der Waals surface area contributed by atoms with Crippen molar-refractivity contribution in [2.75, 3.05) is 6.61 Å². The summed E-state index contributed by atoms with van der Waals surface area (Å²) in [6, 6.07) is -0.0489. The van der Waals surface area contributed by atoms with Crippen LogP contribution in [-0.2, 0) is 9.47 Å². The highest BCUT2D eigenvalue weighted by Crippen LogP contribution is 2.30. The van der Waals surface area contributed by atoms with Crippen molar-refractivity contribution in [1.82, 2.24) is 4.90 Å². The molecule has 1 saturated heterocycles. The number of hydrogen-bond acceptors (Lipinski definition) is 3. The van der Waals surface area contributed by atoms with Crippen molar-refractivity contribution in [2.45, 2.75) is 142 Å². The van der Waals surface area contributed by atoms with Crippen LogP contribution in [0.3, 0.4) is 0 Å². The summed E-state index contributed by atoms with van der Waals surface area (Å²) in [5.41, 5.74) is -1.13. The molecule has 1 heterocycles. The number of unbranched alkanes of at least 4 members (excludes halogenated alkanes) is 12. The summed E-state index contributed by atoms with van der Waals surface area (Å²) >= 11 is 0. The molecule has 176 valence electrons. The first-order chi connectivity index (χ1) is 14.2. The fourth-order valence-corrected chi connectivity index (χ4v) is 4.00. The van der Waals surface area contributed by atoms with E-state index >= 15 is 0 Å². The molecular formula is C26H49NO3. The SMILES string of the molecule is CCCCCCCCCCCCCC/C=C\[C@H]1COC(C)(C)N1C(=O)OC(C)(C)C. The van der Waals surface area contributed by atoms with Gasteiger partial charge in [-0.05, 0) is 47.5 Å². The smallest absolute Gasteiger partial charge is 0.413 e. The fourth-order valence-electron chi connectivity index (χ4n) is 4.00. The van der Waals surface area contributed by atoms with Crippen LogP contribution in [0.2, 0.25) is 0 Å². The summed E-state index contributed by atoms with van der Waals surface area (Å²) in [6.07, 6.45) is 21.5. The predicted molar refractivity (Wildman–Crippen MR) is 127 cm³/mol. The minimum atomic E-state index is -0.632. The Morgan fingerprint density at radius 3 is 1.97 bits per heavy atom. The number of allylic oxidation sites excluding steroid dienone is 1. The van der Waals surface area contributed by atoms with Crippen LogP contribution >= 0.6 is 0 Å². The molecule has 0 radical (unpaired) electrons. The van der Waals surface area contributed by atoms with Crippen molar-refractivity contribution >= 4 is 6.09 Å². The predicted octanol–water partition coefficient (Wildman–Crippen LogP) is 8.01. The Hall–Kier alpha value is -1.03. The van der Waals surface area contributed by atoms with Gasteiger partial charge in [-0.3, -0.25) is 4.90 Å². The lowest BCUT2D eigenvalue weighted by Gasteiger charge is -2.34. The molecule has 0 aromatic carbocycles. The van der Waals surface area contributed by atoms with Crippen molar-refractivity contribution < 1.29 is 14.3 Å². The lowest BCUT2D eigenvalue weighted by molar-refractivity contribution is -0.0610. The topological polar surface area (TPSA) is 38.8 Å². The van der Waals surface area contributed by atoms with Crippen LogP contribution in [0.25, 0.3) is 0 Å². The highest BCUT2D eigenvalue weighted by Gasteiger charge is 2.44. The molecule has 0 aromatic heterocycles. The van der Waals surface area contributed by atoms with Gasteiger partial charge in [0.15, 0.2) is 0 Å². The van der Waals surface area contributed by atoms with Gasteiger partial charge in [-0.2, -0.15) is 0 Å². The highest BCUT2D eigenvalue weighted by molar-refractivity contribution is 5.70. The second kappa shape index (κ2) is 14.1. The number of hydrogen-bond donors (Lipinski definition) is 0. The van der Waals surface area contributed by atoms with Gasteiger partial charge in [-0.15, -0.1) is 0 Å². The van der Waals surface area contributed by atoms with E-state index in [1.165, 1.54) is 77.0 Å². The van der Waals surface area contributed by atoms with Crippen LogP contribution in [0.1, 0.15) is 125 Å². The van der Waals surface area contributed by atoms with Gasteiger partial charge in [-0.1, -0.05) is 89.7 Å². The Kier molecular flexibility index (Phi) is 12.7. The van der Waals surface area contributed by atoms with Crippen LogP contribution in [0, 0.1) is 0 Å². The van der Waals surface area contributed by atoms with E-state index < -0.39 is 11.3 Å². The van der Waals surface area contributed by atoms with Crippen molar-refractivity contribution in [3.63, 3.8) is 0 Å². The van der Waals surface area contributed by atoms with Crippen molar-refractivity contribution in [2.24, 2.45) is 0 Å². The Morgan fingerprint density at radius 1 is 0.967 bits per heavy atom. The van der Waals surface area contributed by atoms with Crippen LogP contribution in [0.5, 0.6) is 0 Å². The Morgan fingerprint density at radius 2 is 1.47 bits per heavy atom. The average molecular weight is 424 g/mol. The van der Waals surface area contributed by atoms with E-state index in [0.29, 0.717) is 6.61 Å². The molecule has 0 aromatic rings. The maximum atomic E-state index is 12.6. The third kappa shape index (κ3) is 11.4. The first-order valence-electron chi connectivity index (χ1n) is 12.5. The third-order valence-corrected chi connectivity index (χ3v) is 5.69. The molecule has 0 N–H and O–H groups in total. The number of carbonyl (C=O) groups is 1. The van der Waals surface area contributed by atoms with Gasteiger partial charge in [0.1, 0.15) is 11.3 Å². The molecule has 0 aliphatic carbocycles. The maximum Gasteiger partial charge on any atom is 0.413 e. The summed E-state index contributed by atoms with van der Waals surface area (Å²) in [6.45, 7) is 12.3. The highest BCUT2D eigenvalue weighted by atomic mass is 16.6. The van der Waals surface area contributed by atoms with Crippen LogP contribution in [0.4, 0.5) is 4.79 Å². The molecule has 0 unspecified atom stereocenters. The number of ether oxygens (including phenoxy) is 2. The van der Waals surface area contributed by atoms with E-state index in [-0.39, 0.29) is 12.1 Å². The first-order valence-corrected chi connectivity index (χ1v) is 12.5. The molecule has 1 fully saturated rings. The molecule has 1 amide bonds. The molecule has 1 aliphatic rings. The monoisotopic (exact) mass is 423 g/mol. The Labute approximate surface area is 186 Å². The Bertz CT molecular complexity index is 493. The van der Waals surface area contributed by atoms with Gasteiger partial charge in [-0.25, -0.2) is 4.79 Å². The van der Waals surface area contributed by atoms with E-state index in [0.717, 1.165) is 6.42 Å². The third-order valence-electron chi connectivity index (χ3n) is 5.69. The molecule has 30 heavy (non-hydrogen) atoms. The number of amides is 1. The van der Waals surface area contributed by atoms with Gasteiger partial charge < -0.3 is 9.47 Å². The van der Waals surface area contributed by atoms with E-state index in [4.69, 9.17) is 9.47 Å². The molecule has 1 aliphatic heterocycles. The Balaban J connectivity index is 2.16. The molecule has 1 rings (SSSR count). The van der Waals surface area contributed by atoms with E-state index in [2.05, 4.69) is 19.1 Å². The van der Waals surface area contributed by atoms with E-state index in [1.54, 1.807) is 4.90 Å². The zero-order valence-corrected chi connectivity index (χ0v) is 20.8. The number of rotatable bonds is 14. The summed E-state index contributed by atoms with van der Waals surface area (Å²) in [7, 11) is 0. The van der Waals surface area contributed by atoms with Crippen molar-refractivity contribution in [3.8, 4) is 0 Å². The summed E-state index contributed by atoms with van der Waals surface area (Å²) in [4.78, 5) is 14.4. The van der Waals surface area contributed by atoms with Gasteiger partial charge in [0.25, 0.3) is 0 Å². The summed E-state index contributed by atoms with van der Waals surface area (Å²) in [5.74, 6) is 0. The van der Waals surface area contributed by atoms with Crippen LogP contribution < -0.4 is 0 Å². The quantitative estimate of drug-likeness (QED) is 0.210. The molecule has 1 atom stereocenters. The zero-order valence-electron chi connectivity index (χ0n) is 20.8. The standard InChI is InChI=1S/C26H49NO3/c1-7-8-9-10-11-12-13-14-15-16-17-18-19-20-21-23-22-29-26(5,6)27(23)24(28)30-25(2,3)4/h20-21,23H,7-19,22H2,1-6H3/b21-20-/t23-/m0/s1. The molecule has 0 bridgehead atoms. The molecular weight excluding hydrogens is 374 g/mol. The van der Waals surface area contributed by atoms with Gasteiger partial charge in [0.2, 0.25) is 0 Å². The van der Waals surface area contributed by atoms with Crippen molar-refractivity contribution in [3.05, 3.63) is 12.2 Å². The fraction of sp³-hybridized carbons (Fsp3) is 0.885. The van der Waals surface area contributed by atoms with Gasteiger partial charge >= 0.3 is 6.09 Å². The van der Waals surface area contributed by atoms with Gasteiger partial charge in [0.05, 0.1) is 12.6 Å². The lowest BCUT2D eigenvalue weighted by atomic mass is 10.0. The largest absolute Gasteiger partial charge is 0.444 e. The lowest BCUT2D eigenvalue weighted by Crippen LogP contribution is -2.49. The first kappa shape index (κ1) is 27.0. The second-order valence-corrected chi connectivity index (χ2v) is 10.3. The molecule has 0 spiro atoms. The van der Waals surface area contributed by atoms with Crippen LogP contribution in [-0.4, -0.2) is 35.0 Å². The maximum absolute atomic E-state index is 12.6. The summed E-state index contributed by atoms with van der Waals surface area (Å²) in [5, 5.41) is 0. The average Bonchev–Trinajstić information content (AvgIpc) is 2.95. The second-order valence-electron chi connectivity index (χ2n) is 10.3. The van der Waals surface area contributed by atoms with Gasteiger partial charge in [0, 0.05) is 0 Å². The van der Waals surface area contributed by atoms with Crippen LogP contribution in [0.15, 0.2) is 12.2 Å². The van der Waals surface area contributed by atoms with E-state index in [1.807, 2.05) is 34.6 Å². The number of carbonyl (C=O) groups excluding carboxylic acids is 1. The zero-order chi connectivity index (χ0) is 22.5.